The number of halogens is 3. The van der Waals surface area contributed by atoms with Crippen LogP contribution in [0.25, 0.3) is 0 Å². The Morgan fingerprint density at radius 1 is 1.27 bits per heavy atom. The highest BCUT2D eigenvalue weighted by atomic mass is 79.9. The first-order valence-electron chi connectivity index (χ1n) is 5.07. The fraction of sp³-hybridized carbons (Fsp3) is 0.500. The van der Waals surface area contributed by atoms with Crippen LogP contribution in [0.1, 0.15) is 31.4 Å². The average Bonchev–Trinajstić information content (AvgIpc) is 2.14. The fourth-order valence-electron chi connectivity index (χ4n) is 1.52. The van der Waals surface area contributed by atoms with E-state index in [1.54, 1.807) is 0 Å². The lowest BCUT2D eigenvalue weighted by molar-refractivity contribution is 0.0133. The Bertz CT molecular complexity index is 329. The Labute approximate surface area is 97.8 Å². The maximum absolute atomic E-state index is 12.7. The maximum atomic E-state index is 12.7. The van der Waals surface area contributed by atoms with Crippen LogP contribution in [0.15, 0.2) is 22.7 Å². The van der Waals surface area contributed by atoms with Crippen molar-refractivity contribution in [1.82, 2.24) is 0 Å². The van der Waals surface area contributed by atoms with Gasteiger partial charge in [-0.2, -0.15) is 0 Å². The molecule has 1 aromatic rings. The highest BCUT2D eigenvalue weighted by Gasteiger charge is 2.20. The van der Waals surface area contributed by atoms with Gasteiger partial charge in [-0.3, -0.25) is 0 Å². The lowest BCUT2D eigenvalue weighted by Gasteiger charge is -2.12. The van der Waals surface area contributed by atoms with Crippen molar-refractivity contribution in [2.24, 2.45) is 0 Å². The summed E-state index contributed by atoms with van der Waals surface area (Å²) in [4.78, 5) is 0. The van der Waals surface area contributed by atoms with E-state index in [0.29, 0.717) is 6.42 Å². The van der Waals surface area contributed by atoms with Gasteiger partial charge in [-0.25, -0.2) is 8.78 Å². The molecule has 1 aromatic carbocycles. The van der Waals surface area contributed by atoms with Crippen LogP contribution >= 0.6 is 15.9 Å². The quantitative estimate of drug-likeness (QED) is 0.754. The van der Waals surface area contributed by atoms with Gasteiger partial charge in [0.05, 0.1) is 0 Å². The molecule has 0 saturated heterocycles. The summed E-state index contributed by atoms with van der Waals surface area (Å²) in [5, 5.41) is 0. The van der Waals surface area contributed by atoms with E-state index in [-0.39, 0.29) is 6.42 Å². The molecule has 0 fully saturated rings. The van der Waals surface area contributed by atoms with E-state index in [4.69, 9.17) is 0 Å². The van der Waals surface area contributed by atoms with Crippen molar-refractivity contribution < 1.29 is 8.78 Å². The normalized spacial score (nSPS) is 11.8. The predicted octanol–water partition coefficient (Wildman–Crippen LogP) is 4.60. The standard InChI is InChI=1S/C12H15BrF2/c1-3-9-8-11(13)5-4-10(9)6-7-12(2,14)15/h4-5,8H,3,6-7H2,1-2H3. The van der Waals surface area contributed by atoms with Gasteiger partial charge < -0.3 is 0 Å². The minimum atomic E-state index is -2.57. The van der Waals surface area contributed by atoms with E-state index in [0.717, 1.165) is 28.9 Å². The summed E-state index contributed by atoms with van der Waals surface area (Å²) in [6.07, 6.45) is 1.24. The second-order valence-electron chi connectivity index (χ2n) is 3.84. The van der Waals surface area contributed by atoms with Crippen LogP contribution in [0.3, 0.4) is 0 Å². The third kappa shape index (κ3) is 4.29. The van der Waals surface area contributed by atoms with Gasteiger partial charge in [0.15, 0.2) is 0 Å². The minimum Gasteiger partial charge on any atom is -0.207 e. The molecular formula is C12H15BrF2. The zero-order valence-corrected chi connectivity index (χ0v) is 10.6. The lowest BCUT2D eigenvalue weighted by Crippen LogP contribution is -2.11. The van der Waals surface area contributed by atoms with E-state index in [9.17, 15) is 8.78 Å². The van der Waals surface area contributed by atoms with E-state index in [1.807, 2.05) is 25.1 Å². The molecule has 0 bridgehead atoms. The third-order valence-electron chi connectivity index (χ3n) is 2.38. The fourth-order valence-corrected chi connectivity index (χ4v) is 1.93. The largest absolute Gasteiger partial charge is 0.245 e. The predicted molar refractivity (Wildman–Crippen MR) is 62.5 cm³/mol. The van der Waals surface area contributed by atoms with Gasteiger partial charge in [-0.05, 0) is 43.0 Å². The molecule has 0 N–H and O–H groups in total. The van der Waals surface area contributed by atoms with Crippen molar-refractivity contribution in [3.8, 4) is 0 Å². The third-order valence-corrected chi connectivity index (χ3v) is 2.88. The Morgan fingerprint density at radius 2 is 1.93 bits per heavy atom. The Kier molecular flexibility index (Phi) is 4.26. The number of hydrogen-bond acceptors (Lipinski definition) is 0. The number of benzene rings is 1. The summed E-state index contributed by atoms with van der Waals surface area (Å²) in [7, 11) is 0. The summed E-state index contributed by atoms with van der Waals surface area (Å²) < 4.78 is 26.4. The highest BCUT2D eigenvalue weighted by Crippen LogP contribution is 2.23. The second kappa shape index (κ2) is 5.06. The lowest BCUT2D eigenvalue weighted by atomic mass is 9.99. The van der Waals surface area contributed by atoms with E-state index in [1.165, 1.54) is 0 Å². The number of alkyl halides is 2. The first-order chi connectivity index (χ1) is 6.92. The molecule has 0 saturated carbocycles. The molecule has 0 spiro atoms. The monoisotopic (exact) mass is 276 g/mol. The highest BCUT2D eigenvalue weighted by molar-refractivity contribution is 9.10. The van der Waals surface area contributed by atoms with Crippen molar-refractivity contribution in [3.05, 3.63) is 33.8 Å². The molecule has 0 amide bonds. The summed E-state index contributed by atoms with van der Waals surface area (Å²) in [5.41, 5.74) is 2.18. The van der Waals surface area contributed by atoms with Crippen molar-refractivity contribution in [2.75, 3.05) is 0 Å². The van der Waals surface area contributed by atoms with E-state index < -0.39 is 5.92 Å². The van der Waals surface area contributed by atoms with Gasteiger partial charge in [-0.15, -0.1) is 0 Å². The molecule has 0 aliphatic carbocycles. The molecule has 15 heavy (non-hydrogen) atoms. The first-order valence-corrected chi connectivity index (χ1v) is 5.87. The molecular weight excluding hydrogens is 262 g/mol. The van der Waals surface area contributed by atoms with Gasteiger partial charge in [0.1, 0.15) is 0 Å². The van der Waals surface area contributed by atoms with Crippen molar-refractivity contribution >= 4 is 15.9 Å². The SMILES string of the molecule is CCc1cc(Br)ccc1CCC(C)(F)F. The van der Waals surface area contributed by atoms with Crippen LogP contribution in [0.2, 0.25) is 0 Å². The molecule has 0 nitrogen and oxygen atoms in total. The molecule has 0 aliphatic heterocycles. The van der Waals surface area contributed by atoms with Crippen LogP contribution in [0, 0.1) is 0 Å². The first kappa shape index (κ1) is 12.6. The molecule has 0 unspecified atom stereocenters. The number of rotatable bonds is 4. The number of aryl methyl sites for hydroxylation is 2. The van der Waals surface area contributed by atoms with Gasteiger partial charge in [0.25, 0.3) is 0 Å². The van der Waals surface area contributed by atoms with E-state index in [2.05, 4.69) is 15.9 Å². The molecule has 84 valence electrons. The molecule has 0 radical (unpaired) electrons. The molecule has 0 aromatic heterocycles. The Morgan fingerprint density at radius 3 is 2.47 bits per heavy atom. The summed E-state index contributed by atoms with van der Waals surface area (Å²) in [5.74, 6) is -2.57. The van der Waals surface area contributed by atoms with Crippen LogP contribution in [0.4, 0.5) is 8.78 Å². The zero-order chi connectivity index (χ0) is 11.5. The molecule has 1 rings (SSSR count). The van der Waals surface area contributed by atoms with Crippen molar-refractivity contribution in [1.29, 1.82) is 0 Å². The molecule has 0 atom stereocenters. The van der Waals surface area contributed by atoms with Crippen LogP contribution < -0.4 is 0 Å². The molecule has 3 heteroatoms. The average molecular weight is 277 g/mol. The van der Waals surface area contributed by atoms with Crippen molar-refractivity contribution in [2.45, 2.75) is 39.0 Å². The smallest absolute Gasteiger partial charge is 0.207 e. The van der Waals surface area contributed by atoms with E-state index >= 15 is 0 Å². The van der Waals surface area contributed by atoms with Gasteiger partial charge in [0, 0.05) is 10.9 Å². The minimum absolute atomic E-state index is 0.0817. The molecule has 0 aliphatic rings. The Balaban J connectivity index is 2.76. The maximum Gasteiger partial charge on any atom is 0.245 e. The summed E-state index contributed by atoms with van der Waals surface area (Å²) in [6.45, 7) is 3.01. The summed E-state index contributed by atoms with van der Waals surface area (Å²) >= 11 is 3.38. The summed E-state index contributed by atoms with van der Waals surface area (Å²) in [6, 6.07) is 5.83. The van der Waals surface area contributed by atoms with Gasteiger partial charge in [-0.1, -0.05) is 28.9 Å². The Hall–Kier alpha value is -0.440. The number of hydrogen-bond donors (Lipinski definition) is 0. The second-order valence-corrected chi connectivity index (χ2v) is 4.75. The van der Waals surface area contributed by atoms with Crippen LogP contribution in [-0.2, 0) is 12.8 Å². The topological polar surface area (TPSA) is 0 Å². The van der Waals surface area contributed by atoms with Gasteiger partial charge >= 0.3 is 0 Å². The zero-order valence-electron chi connectivity index (χ0n) is 8.99. The van der Waals surface area contributed by atoms with Crippen LogP contribution in [0.5, 0.6) is 0 Å². The van der Waals surface area contributed by atoms with Crippen molar-refractivity contribution in [3.63, 3.8) is 0 Å². The van der Waals surface area contributed by atoms with Crippen LogP contribution in [-0.4, -0.2) is 5.92 Å². The van der Waals surface area contributed by atoms with Gasteiger partial charge in [0.2, 0.25) is 5.92 Å². The molecule has 0 heterocycles.